The van der Waals surface area contributed by atoms with E-state index in [9.17, 15) is 8.42 Å². The molecule has 0 saturated carbocycles. The molecule has 0 aliphatic heterocycles. The minimum absolute atomic E-state index is 0.395. The van der Waals surface area contributed by atoms with Crippen molar-refractivity contribution in [3.63, 3.8) is 0 Å². The molecule has 78 valence electrons. The maximum atomic E-state index is 10.9. The molecule has 1 heterocycles. The maximum Gasteiger partial charge on any atom is 0.298 e. The molecule has 0 atom stereocenters. The molecule has 0 N–H and O–H groups in total. The molecule has 0 aliphatic carbocycles. The van der Waals surface area contributed by atoms with Crippen LogP contribution in [-0.2, 0) is 9.05 Å². The Kier molecular flexibility index (Phi) is 2.45. The van der Waals surface area contributed by atoms with Crippen LogP contribution in [0, 0.1) is 0 Å². The van der Waals surface area contributed by atoms with E-state index >= 15 is 0 Å². The Labute approximate surface area is 90.7 Å². The molecule has 0 aliphatic rings. The van der Waals surface area contributed by atoms with E-state index in [1.807, 2.05) is 18.2 Å². The van der Waals surface area contributed by atoms with E-state index in [2.05, 4.69) is 10.1 Å². The third kappa shape index (κ3) is 2.16. The normalized spacial score (nSPS) is 11.5. The van der Waals surface area contributed by atoms with Crippen LogP contribution in [0.15, 0.2) is 41.8 Å². The number of para-hydroxylation sites is 1. The molecule has 0 unspecified atom stereocenters. The van der Waals surface area contributed by atoms with Crippen molar-refractivity contribution in [3.8, 4) is 5.69 Å². The summed E-state index contributed by atoms with van der Waals surface area (Å²) in [6.07, 6.45) is 1.30. The number of nitrogens with zero attached hydrogens (tertiary/aromatic N) is 3. The second-order valence-corrected chi connectivity index (χ2v) is 5.20. The molecule has 7 heteroatoms. The molecule has 2 aromatic rings. The van der Waals surface area contributed by atoms with Crippen LogP contribution < -0.4 is 0 Å². The summed E-state index contributed by atoms with van der Waals surface area (Å²) in [6, 6.07) is 9.02. The van der Waals surface area contributed by atoms with Crippen LogP contribution in [0.1, 0.15) is 0 Å². The van der Waals surface area contributed by atoms with Gasteiger partial charge in [0, 0.05) is 10.7 Å². The molecule has 1 aromatic carbocycles. The lowest BCUT2D eigenvalue weighted by Crippen LogP contribution is -1.97. The maximum absolute atomic E-state index is 10.9. The molecular weight excluding hydrogens is 238 g/mol. The fourth-order valence-corrected chi connectivity index (χ4v) is 1.64. The molecule has 0 radical (unpaired) electrons. The van der Waals surface area contributed by atoms with Gasteiger partial charge in [0.1, 0.15) is 6.33 Å². The summed E-state index contributed by atoms with van der Waals surface area (Å²) in [5.74, 6) is 0. The largest absolute Gasteiger partial charge is 0.298 e. The number of benzene rings is 1. The van der Waals surface area contributed by atoms with Gasteiger partial charge in [-0.05, 0) is 12.1 Å². The molecule has 15 heavy (non-hydrogen) atoms. The average Bonchev–Trinajstić information content (AvgIpc) is 2.67. The third-order valence-corrected chi connectivity index (χ3v) is 2.75. The summed E-state index contributed by atoms with van der Waals surface area (Å²) in [5, 5.41) is 3.34. The smallest absolute Gasteiger partial charge is 0.220 e. The Bertz CT molecular complexity index is 565. The first-order valence-electron chi connectivity index (χ1n) is 3.99. The van der Waals surface area contributed by atoms with Crippen LogP contribution in [0.2, 0.25) is 0 Å². The highest BCUT2D eigenvalue weighted by molar-refractivity contribution is 8.13. The Balaban J connectivity index is 2.46. The lowest BCUT2D eigenvalue weighted by Gasteiger charge is -1.97. The van der Waals surface area contributed by atoms with E-state index in [0.29, 0.717) is 0 Å². The predicted molar refractivity (Wildman–Crippen MR) is 54.4 cm³/mol. The van der Waals surface area contributed by atoms with E-state index < -0.39 is 14.2 Å². The van der Waals surface area contributed by atoms with Crippen LogP contribution in [0.3, 0.4) is 0 Å². The van der Waals surface area contributed by atoms with Gasteiger partial charge >= 0.3 is 0 Å². The van der Waals surface area contributed by atoms with E-state index in [1.54, 1.807) is 12.1 Å². The summed E-state index contributed by atoms with van der Waals surface area (Å²) in [6.45, 7) is 0. The highest BCUT2D eigenvalue weighted by atomic mass is 35.7. The summed E-state index contributed by atoms with van der Waals surface area (Å²) in [5.41, 5.74) is 0.719. The summed E-state index contributed by atoms with van der Waals surface area (Å²) < 4.78 is 23.2. The second kappa shape index (κ2) is 3.63. The topological polar surface area (TPSA) is 64.8 Å². The van der Waals surface area contributed by atoms with E-state index in [4.69, 9.17) is 10.7 Å². The van der Waals surface area contributed by atoms with Crippen molar-refractivity contribution in [1.29, 1.82) is 0 Å². The van der Waals surface area contributed by atoms with Crippen molar-refractivity contribution >= 4 is 19.7 Å². The summed E-state index contributed by atoms with van der Waals surface area (Å²) in [4.78, 5) is 3.60. The van der Waals surface area contributed by atoms with Crippen LogP contribution in [0.4, 0.5) is 0 Å². The van der Waals surface area contributed by atoms with Crippen molar-refractivity contribution in [2.45, 2.75) is 5.16 Å². The molecule has 1 aromatic heterocycles. The predicted octanol–water partition coefficient (Wildman–Crippen LogP) is 1.19. The first-order chi connectivity index (χ1) is 7.07. The van der Waals surface area contributed by atoms with Crippen molar-refractivity contribution < 1.29 is 8.42 Å². The fraction of sp³-hybridized carbons (Fsp3) is 0. The summed E-state index contributed by atoms with van der Waals surface area (Å²) >= 11 is 0. The highest BCUT2D eigenvalue weighted by Crippen LogP contribution is 2.10. The van der Waals surface area contributed by atoms with Gasteiger partial charge < -0.3 is 0 Å². The monoisotopic (exact) mass is 243 g/mol. The number of aromatic nitrogens is 3. The number of hydrogen-bond acceptors (Lipinski definition) is 4. The average molecular weight is 244 g/mol. The lowest BCUT2D eigenvalue weighted by atomic mass is 10.3. The van der Waals surface area contributed by atoms with Crippen molar-refractivity contribution in [1.82, 2.24) is 14.8 Å². The molecular formula is C8H6ClN3O2S. The molecule has 0 amide bonds. The fourth-order valence-electron chi connectivity index (χ4n) is 1.06. The zero-order valence-electron chi connectivity index (χ0n) is 7.41. The first-order valence-corrected chi connectivity index (χ1v) is 6.30. The Morgan fingerprint density at radius 1 is 1.20 bits per heavy atom. The van der Waals surface area contributed by atoms with E-state index in [-0.39, 0.29) is 0 Å². The minimum Gasteiger partial charge on any atom is -0.220 e. The van der Waals surface area contributed by atoms with Crippen LogP contribution >= 0.6 is 10.7 Å². The first kappa shape index (κ1) is 10.1. The van der Waals surface area contributed by atoms with Crippen LogP contribution in [0.5, 0.6) is 0 Å². The Morgan fingerprint density at radius 3 is 2.40 bits per heavy atom. The quantitative estimate of drug-likeness (QED) is 0.744. The van der Waals surface area contributed by atoms with Gasteiger partial charge in [-0.2, -0.15) is 0 Å². The van der Waals surface area contributed by atoms with Gasteiger partial charge in [-0.25, -0.2) is 18.1 Å². The van der Waals surface area contributed by atoms with Crippen molar-refractivity contribution in [2.24, 2.45) is 0 Å². The summed E-state index contributed by atoms with van der Waals surface area (Å²) in [7, 11) is 1.23. The third-order valence-electron chi connectivity index (χ3n) is 1.71. The zero-order chi connectivity index (χ0) is 10.9. The molecule has 0 spiro atoms. The van der Waals surface area contributed by atoms with Gasteiger partial charge in [0.25, 0.3) is 14.2 Å². The molecule has 2 rings (SSSR count). The van der Waals surface area contributed by atoms with E-state index in [1.165, 1.54) is 11.0 Å². The van der Waals surface area contributed by atoms with Gasteiger partial charge in [-0.15, -0.1) is 5.10 Å². The molecule has 0 saturated heterocycles. The van der Waals surface area contributed by atoms with Gasteiger partial charge in [0.2, 0.25) is 0 Å². The van der Waals surface area contributed by atoms with Crippen molar-refractivity contribution in [2.75, 3.05) is 0 Å². The minimum atomic E-state index is -3.86. The van der Waals surface area contributed by atoms with Gasteiger partial charge in [-0.1, -0.05) is 18.2 Å². The number of halogens is 1. The van der Waals surface area contributed by atoms with Gasteiger partial charge in [0.05, 0.1) is 5.69 Å². The lowest BCUT2D eigenvalue weighted by molar-refractivity contribution is 0.600. The van der Waals surface area contributed by atoms with Crippen LogP contribution in [-0.4, -0.2) is 23.2 Å². The molecule has 0 fully saturated rings. The molecule has 5 nitrogen and oxygen atoms in total. The van der Waals surface area contributed by atoms with Crippen LogP contribution in [0.25, 0.3) is 5.69 Å². The number of hydrogen-bond donors (Lipinski definition) is 0. The highest BCUT2D eigenvalue weighted by Gasteiger charge is 2.15. The van der Waals surface area contributed by atoms with Gasteiger partial charge in [0.15, 0.2) is 0 Å². The van der Waals surface area contributed by atoms with Crippen molar-refractivity contribution in [3.05, 3.63) is 36.7 Å². The Morgan fingerprint density at radius 2 is 1.87 bits per heavy atom. The van der Waals surface area contributed by atoms with Gasteiger partial charge in [-0.3, -0.25) is 0 Å². The SMILES string of the molecule is O=S(=O)(Cl)c1ncn(-c2ccccc2)n1. The number of rotatable bonds is 2. The Hall–Kier alpha value is -1.40. The standard InChI is InChI=1S/C8H6ClN3O2S/c9-15(13,14)8-10-6-12(11-8)7-4-2-1-3-5-7/h1-6H. The second-order valence-electron chi connectivity index (χ2n) is 2.75. The van der Waals surface area contributed by atoms with E-state index in [0.717, 1.165) is 5.69 Å². The molecule has 0 bridgehead atoms. The zero-order valence-corrected chi connectivity index (χ0v) is 8.98.